The topological polar surface area (TPSA) is 200 Å². The molecule has 0 spiro atoms. The number of hydrogen-bond acceptors (Lipinski definition) is 11. The highest BCUT2D eigenvalue weighted by atomic mass is 32.2. The van der Waals surface area contributed by atoms with Crippen LogP contribution in [0.15, 0.2) is 0 Å². The summed E-state index contributed by atoms with van der Waals surface area (Å²) in [6, 6.07) is -2.48. The molecule has 2 amide bonds. The summed E-state index contributed by atoms with van der Waals surface area (Å²) in [5.41, 5.74) is 5.40. The monoisotopic (exact) mass is 521 g/mol. The van der Waals surface area contributed by atoms with Gasteiger partial charge in [0, 0.05) is 12.2 Å². The minimum Gasteiger partial charge on any atom is -0.480 e. The van der Waals surface area contributed by atoms with Crippen molar-refractivity contribution in [3.63, 3.8) is 0 Å². The van der Waals surface area contributed by atoms with E-state index in [1.165, 1.54) is 0 Å². The second-order valence-corrected chi connectivity index (χ2v) is 8.68. The molecule has 3 unspecified atom stereocenters. The van der Waals surface area contributed by atoms with Crippen LogP contribution in [0.25, 0.3) is 0 Å². The summed E-state index contributed by atoms with van der Waals surface area (Å²) in [7, 11) is 0. The molecule has 0 saturated carbocycles. The molecule has 0 aromatic heterocycles. The van der Waals surface area contributed by atoms with Crippen LogP contribution in [0.4, 0.5) is 0 Å². The van der Waals surface area contributed by atoms with E-state index in [1.807, 2.05) is 0 Å². The second kappa shape index (κ2) is 17.5. The highest BCUT2D eigenvalue weighted by Crippen LogP contribution is 2.19. The Morgan fingerprint density at radius 2 is 1.63 bits per heavy atom. The van der Waals surface area contributed by atoms with Gasteiger partial charge in [-0.2, -0.15) is 0 Å². The van der Waals surface area contributed by atoms with Gasteiger partial charge in [-0.1, -0.05) is 0 Å². The van der Waals surface area contributed by atoms with Crippen molar-refractivity contribution in [3.05, 3.63) is 0 Å². The van der Waals surface area contributed by atoms with Crippen LogP contribution in [0, 0.1) is 0 Å². The molecule has 0 fully saturated rings. The summed E-state index contributed by atoms with van der Waals surface area (Å²) in [6.07, 6.45) is -1.15. The average Bonchev–Trinajstić information content (AvgIpc) is 2.77. The molecule has 3 atom stereocenters. The number of carboxylic acids is 1. The van der Waals surface area contributed by atoms with E-state index in [9.17, 15) is 28.8 Å². The summed E-state index contributed by atoms with van der Waals surface area (Å²) in [5, 5.41) is 12.6. The summed E-state index contributed by atoms with van der Waals surface area (Å²) in [4.78, 5) is 71.7. The highest BCUT2D eigenvalue weighted by Gasteiger charge is 2.29. The molecule has 5 N–H and O–H groups in total. The Balaban J connectivity index is 5.34. The number of rotatable bonds is 17. The molecule has 0 saturated heterocycles. The molecule has 14 heteroatoms. The fraction of sp³-hybridized carbons (Fsp3) is 0.714. The largest absolute Gasteiger partial charge is 0.480 e. The van der Waals surface area contributed by atoms with Crippen LogP contribution in [0.1, 0.15) is 47.0 Å². The zero-order valence-electron chi connectivity index (χ0n) is 20.4. The van der Waals surface area contributed by atoms with Crippen molar-refractivity contribution in [2.45, 2.75) is 70.4 Å². The van der Waals surface area contributed by atoms with E-state index in [2.05, 4.69) is 10.6 Å². The molecular formula is C21H35N3O10S. The SMILES string of the molecule is CCOC(=O)CC(SCC(NC(=O)CCC(N)C(=O)O)C(=O)NCC(=O)OC(C)C)C(=O)OCC. The minimum absolute atomic E-state index is 0.0706. The van der Waals surface area contributed by atoms with Gasteiger partial charge in [0.05, 0.1) is 25.7 Å². The molecule has 0 radical (unpaired) electrons. The third-order valence-electron chi connectivity index (χ3n) is 4.10. The number of ether oxygens (including phenoxy) is 3. The van der Waals surface area contributed by atoms with Gasteiger partial charge in [0.2, 0.25) is 11.8 Å². The number of aliphatic carboxylic acids is 1. The summed E-state index contributed by atoms with van der Waals surface area (Å²) >= 11 is 0.890. The van der Waals surface area contributed by atoms with Gasteiger partial charge in [0.1, 0.15) is 23.9 Å². The van der Waals surface area contributed by atoms with Crippen molar-refractivity contribution in [1.82, 2.24) is 10.6 Å². The maximum Gasteiger partial charge on any atom is 0.325 e. The van der Waals surface area contributed by atoms with Gasteiger partial charge >= 0.3 is 23.9 Å². The van der Waals surface area contributed by atoms with Crippen molar-refractivity contribution >= 4 is 47.5 Å². The van der Waals surface area contributed by atoms with E-state index in [4.69, 9.17) is 25.1 Å². The van der Waals surface area contributed by atoms with E-state index in [-0.39, 0.29) is 38.2 Å². The highest BCUT2D eigenvalue weighted by molar-refractivity contribution is 8.00. The fourth-order valence-electron chi connectivity index (χ4n) is 2.48. The molecule has 0 aromatic rings. The number of carbonyl (C=O) groups is 6. The first-order valence-electron chi connectivity index (χ1n) is 11.1. The predicted molar refractivity (Wildman–Crippen MR) is 125 cm³/mol. The van der Waals surface area contributed by atoms with Crippen LogP contribution in [0.3, 0.4) is 0 Å². The van der Waals surface area contributed by atoms with Crippen molar-refractivity contribution in [2.24, 2.45) is 5.73 Å². The van der Waals surface area contributed by atoms with Gasteiger partial charge in [-0.3, -0.25) is 28.8 Å². The van der Waals surface area contributed by atoms with Crippen molar-refractivity contribution in [2.75, 3.05) is 25.5 Å². The Hall–Kier alpha value is -2.87. The van der Waals surface area contributed by atoms with E-state index in [0.717, 1.165) is 11.8 Å². The molecule has 0 aliphatic heterocycles. The van der Waals surface area contributed by atoms with Crippen molar-refractivity contribution < 1.29 is 48.1 Å². The van der Waals surface area contributed by atoms with E-state index >= 15 is 0 Å². The Kier molecular flexibility index (Phi) is 16.1. The number of amides is 2. The summed E-state index contributed by atoms with van der Waals surface area (Å²) in [6.45, 7) is 6.22. The van der Waals surface area contributed by atoms with Crippen LogP contribution in [-0.4, -0.2) is 89.7 Å². The zero-order chi connectivity index (χ0) is 27.0. The maximum atomic E-state index is 12.7. The van der Waals surface area contributed by atoms with Crippen molar-refractivity contribution in [1.29, 1.82) is 0 Å². The normalized spacial score (nSPS) is 13.2. The number of carboxylic acid groups (broad SMARTS) is 1. The molecule has 0 aromatic carbocycles. The first kappa shape index (κ1) is 32.1. The number of nitrogens with one attached hydrogen (secondary N) is 2. The van der Waals surface area contributed by atoms with Crippen molar-refractivity contribution in [3.8, 4) is 0 Å². The van der Waals surface area contributed by atoms with Crippen LogP contribution >= 0.6 is 11.8 Å². The third-order valence-corrected chi connectivity index (χ3v) is 5.38. The summed E-state index contributed by atoms with van der Waals surface area (Å²) < 4.78 is 14.8. The molecular weight excluding hydrogens is 486 g/mol. The molecule has 0 heterocycles. The van der Waals surface area contributed by atoms with Gasteiger partial charge in [-0.15, -0.1) is 11.8 Å². The average molecular weight is 522 g/mol. The smallest absolute Gasteiger partial charge is 0.325 e. The first-order chi connectivity index (χ1) is 16.4. The lowest BCUT2D eigenvalue weighted by Gasteiger charge is -2.21. The lowest BCUT2D eigenvalue weighted by atomic mass is 10.1. The predicted octanol–water partition coefficient (Wildman–Crippen LogP) is -0.651. The summed E-state index contributed by atoms with van der Waals surface area (Å²) in [5.74, 6) is -4.86. The molecule has 0 aliphatic carbocycles. The molecule has 0 rings (SSSR count). The van der Waals surface area contributed by atoms with E-state index in [1.54, 1.807) is 27.7 Å². The fourth-order valence-corrected chi connectivity index (χ4v) is 3.59. The number of thioether (sulfide) groups is 1. The van der Waals surface area contributed by atoms with Crippen LogP contribution in [-0.2, 0) is 43.0 Å². The Morgan fingerprint density at radius 3 is 2.17 bits per heavy atom. The third kappa shape index (κ3) is 14.9. The Labute approximate surface area is 208 Å². The number of nitrogens with two attached hydrogens (primary N) is 1. The van der Waals surface area contributed by atoms with Crippen LogP contribution < -0.4 is 16.4 Å². The van der Waals surface area contributed by atoms with Gasteiger partial charge in [0.15, 0.2) is 0 Å². The van der Waals surface area contributed by atoms with Crippen LogP contribution in [0.5, 0.6) is 0 Å². The first-order valence-corrected chi connectivity index (χ1v) is 12.1. The standard InChI is InChI=1S/C21H35N3O10S/c1-5-32-17(26)9-15(21(31)33-6-2)35-11-14(19(28)23-10-18(27)34-12(3)4)24-16(25)8-7-13(22)20(29)30/h12-15H,5-11,22H2,1-4H3,(H,23,28)(H,24,25)(H,29,30). The number of esters is 3. The molecule has 13 nitrogen and oxygen atoms in total. The minimum atomic E-state index is -1.28. The molecule has 0 aliphatic rings. The van der Waals surface area contributed by atoms with E-state index in [0.29, 0.717) is 0 Å². The van der Waals surface area contributed by atoms with Gasteiger partial charge in [-0.25, -0.2) is 0 Å². The number of carbonyl (C=O) groups excluding carboxylic acids is 5. The number of hydrogen-bond donors (Lipinski definition) is 4. The van der Waals surface area contributed by atoms with Crippen LogP contribution in [0.2, 0.25) is 0 Å². The lowest BCUT2D eigenvalue weighted by molar-refractivity contribution is -0.149. The Morgan fingerprint density at radius 1 is 1.00 bits per heavy atom. The molecule has 0 bridgehead atoms. The Bertz CT molecular complexity index is 747. The maximum absolute atomic E-state index is 12.7. The quantitative estimate of drug-likeness (QED) is 0.139. The molecule has 35 heavy (non-hydrogen) atoms. The lowest BCUT2D eigenvalue weighted by Crippen LogP contribution is -2.50. The van der Waals surface area contributed by atoms with Gasteiger partial charge < -0.3 is 35.7 Å². The zero-order valence-corrected chi connectivity index (χ0v) is 21.2. The van der Waals surface area contributed by atoms with Gasteiger partial charge in [0.25, 0.3) is 0 Å². The second-order valence-electron chi connectivity index (χ2n) is 7.44. The van der Waals surface area contributed by atoms with E-state index < -0.39 is 65.7 Å². The van der Waals surface area contributed by atoms with Gasteiger partial charge in [-0.05, 0) is 34.1 Å². The molecule has 200 valence electrons.